The Morgan fingerprint density at radius 1 is 1.40 bits per heavy atom. The number of nitrogens with one attached hydrogen (secondary N) is 2. The van der Waals surface area contributed by atoms with Gasteiger partial charge in [-0.3, -0.25) is 9.59 Å². The molecule has 0 aromatic carbocycles. The molecule has 1 rings (SSSR count). The average Bonchev–Trinajstić information content (AvgIpc) is 2.88. The first-order chi connectivity index (χ1) is 9.45. The predicted molar refractivity (Wildman–Crippen MR) is 70.6 cm³/mol. The van der Waals surface area contributed by atoms with Crippen molar-refractivity contribution in [1.82, 2.24) is 10.3 Å². The van der Waals surface area contributed by atoms with Gasteiger partial charge < -0.3 is 19.8 Å². The lowest BCUT2D eigenvalue weighted by Crippen LogP contribution is -2.37. The summed E-state index contributed by atoms with van der Waals surface area (Å²) >= 11 is 0. The summed E-state index contributed by atoms with van der Waals surface area (Å²) in [5.74, 6) is -1.26. The second-order valence-electron chi connectivity index (χ2n) is 4.19. The third kappa shape index (κ3) is 4.51. The summed E-state index contributed by atoms with van der Waals surface area (Å²) in [6, 6.07) is 1.39. The van der Waals surface area contributed by atoms with Crippen LogP contribution in [0.5, 0.6) is 0 Å². The quantitative estimate of drug-likeness (QED) is 0.432. The van der Waals surface area contributed by atoms with E-state index in [0.717, 1.165) is 0 Å². The number of aromatic nitrogens is 1. The van der Waals surface area contributed by atoms with Gasteiger partial charge in [0.2, 0.25) is 0 Å². The molecule has 0 saturated carbocycles. The maximum Gasteiger partial charge on any atom is 0.355 e. The van der Waals surface area contributed by atoms with Gasteiger partial charge in [0.05, 0.1) is 6.61 Å². The van der Waals surface area contributed by atoms with Crippen LogP contribution in [0.15, 0.2) is 12.3 Å². The minimum Gasteiger partial charge on any atom is -0.448 e. The second-order valence-corrected chi connectivity index (χ2v) is 4.19. The molecule has 0 aliphatic heterocycles. The van der Waals surface area contributed by atoms with Crippen molar-refractivity contribution >= 4 is 17.7 Å². The summed E-state index contributed by atoms with van der Waals surface area (Å²) in [5.41, 5.74) is 0.515. The van der Waals surface area contributed by atoms with Crippen molar-refractivity contribution in [2.75, 3.05) is 20.3 Å². The fraction of sp³-hybridized carbons (Fsp3) is 0.462. The molecular weight excluding hydrogens is 264 g/mol. The summed E-state index contributed by atoms with van der Waals surface area (Å²) in [6.07, 6.45) is 0.492. The Labute approximate surface area is 116 Å². The summed E-state index contributed by atoms with van der Waals surface area (Å²) in [7, 11) is 1.52. The van der Waals surface area contributed by atoms with E-state index in [1.807, 2.05) is 0 Å². The maximum absolute atomic E-state index is 11.8. The van der Waals surface area contributed by atoms with Crippen molar-refractivity contribution in [2.24, 2.45) is 0 Å². The Morgan fingerprint density at radius 2 is 2.10 bits per heavy atom. The molecule has 0 radical (unpaired) electrons. The Morgan fingerprint density at radius 3 is 2.65 bits per heavy atom. The monoisotopic (exact) mass is 282 g/mol. The van der Waals surface area contributed by atoms with Crippen molar-refractivity contribution in [2.45, 2.75) is 20.0 Å². The standard InChI is InChI=1S/C13H18N2O5/c1-8(16)10-6-11(15-7-10)13(18)20-9(2)12(17)14-4-5-19-3/h6-7,9,15H,4-5H2,1-3H3,(H,14,17)/t9-/m1/s1. The predicted octanol–water partition coefficient (Wildman–Crippen LogP) is 0.525. The van der Waals surface area contributed by atoms with Crippen LogP contribution in [-0.4, -0.2) is 49.0 Å². The first-order valence-electron chi connectivity index (χ1n) is 6.12. The van der Waals surface area contributed by atoms with Crippen LogP contribution in [0.25, 0.3) is 0 Å². The van der Waals surface area contributed by atoms with E-state index in [2.05, 4.69) is 10.3 Å². The van der Waals surface area contributed by atoms with E-state index >= 15 is 0 Å². The van der Waals surface area contributed by atoms with Gasteiger partial charge in [-0.25, -0.2) is 4.79 Å². The summed E-state index contributed by atoms with van der Waals surface area (Å²) < 4.78 is 9.78. The lowest BCUT2D eigenvalue weighted by molar-refractivity contribution is -0.129. The van der Waals surface area contributed by atoms with Crippen LogP contribution in [0.2, 0.25) is 0 Å². The first kappa shape index (κ1) is 15.9. The van der Waals surface area contributed by atoms with Crippen LogP contribution >= 0.6 is 0 Å². The van der Waals surface area contributed by atoms with Crippen LogP contribution in [-0.2, 0) is 14.3 Å². The fourth-order valence-electron chi connectivity index (χ4n) is 1.41. The van der Waals surface area contributed by atoms with E-state index in [9.17, 15) is 14.4 Å². The Hall–Kier alpha value is -2.15. The molecule has 1 heterocycles. The molecule has 1 atom stereocenters. The van der Waals surface area contributed by atoms with Gasteiger partial charge >= 0.3 is 5.97 Å². The number of hydrogen-bond donors (Lipinski definition) is 2. The largest absolute Gasteiger partial charge is 0.448 e. The third-order valence-corrected chi connectivity index (χ3v) is 2.57. The molecule has 0 bridgehead atoms. The normalized spacial score (nSPS) is 11.8. The lowest BCUT2D eigenvalue weighted by atomic mass is 10.2. The van der Waals surface area contributed by atoms with Crippen molar-refractivity contribution in [3.63, 3.8) is 0 Å². The van der Waals surface area contributed by atoms with E-state index in [0.29, 0.717) is 18.7 Å². The molecule has 20 heavy (non-hydrogen) atoms. The molecule has 1 amide bonds. The van der Waals surface area contributed by atoms with Gasteiger partial charge in [-0.05, 0) is 19.9 Å². The zero-order valence-electron chi connectivity index (χ0n) is 11.7. The van der Waals surface area contributed by atoms with Crippen LogP contribution in [0.4, 0.5) is 0 Å². The minimum atomic E-state index is -0.927. The number of carbonyl (C=O) groups excluding carboxylic acids is 3. The van der Waals surface area contributed by atoms with Crippen LogP contribution in [0.1, 0.15) is 34.7 Å². The fourth-order valence-corrected chi connectivity index (χ4v) is 1.41. The number of aromatic amines is 1. The van der Waals surface area contributed by atoms with Crippen LogP contribution in [0.3, 0.4) is 0 Å². The van der Waals surface area contributed by atoms with Gasteiger partial charge in [0.15, 0.2) is 11.9 Å². The SMILES string of the molecule is COCCNC(=O)[C@@H](C)OC(=O)c1cc(C(C)=O)c[nH]1. The zero-order chi connectivity index (χ0) is 15.1. The highest BCUT2D eigenvalue weighted by molar-refractivity contribution is 5.98. The van der Waals surface area contributed by atoms with Crippen molar-refractivity contribution in [3.05, 3.63) is 23.5 Å². The molecule has 0 unspecified atom stereocenters. The Bertz CT molecular complexity index is 495. The molecule has 0 aliphatic rings. The number of amides is 1. The van der Waals surface area contributed by atoms with Crippen molar-refractivity contribution in [3.8, 4) is 0 Å². The molecular formula is C13H18N2O5. The Kier molecular flexibility index (Phi) is 5.92. The van der Waals surface area contributed by atoms with Gasteiger partial charge in [-0.15, -0.1) is 0 Å². The molecule has 0 spiro atoms. The summed E-state index contributed by atoms with van der Waals surface area (Å²) in [4.78, 5) is 37.1. The zero-order valence-corrected chi connectivity index (χ0v) is 11.7. The van der Waals surface area contributed by atoms with E-state index in [-0.39, 0.29) is 11.5 Å². The number of H-pyrrole nitrogens is 1. The van der Waals surface area contributed by atoms with Crippen LogP contribution < -0.4 is 5.32 Å². The number of rotatable bonds is 7. The van der Waals surface area contributed by atoms with Gasteiger partial charge in [0.1, 0.15) is 5.69 Å². The number of ketones is 1. The minimum absolute atomic E-state index is 0.131. The third-order valence-electron chi connectivity index (χ3n) is 2.57. The molecule has 7 heteroatoms. The molecule has 2 N–H and O–H groups in total. The molecule has 1 aromatic heterocycles. The highest BCUT2D eigenvalue weighted by Crippen LogP contribution is 2.07. The van der Waals surface area contributed by atoms with E-state index in [1.165, 1.54) is 33.2 Å². The molecule has 0 aliphatic carbocycles. The molecule has 0 fully saturated rings. The van der Waals surface area contributed by atoms with Gasteiger partial charge in [0, 0.05) is 25.4 Å². The maximum atomic E-state index is 11.8. The van der Waals surface area contributed by atoms with E-state index in [4.69, 9.17) is 9.47 Å². The van der Waals surface area contributed by atoms with Gasteiger partial charge in [0.25, 0.3) is 5.91 Å². The molecule has 7 nitrogen and oxygen atoms in total. The second kappa shape index (κ2) is 7.44. The van der Waals surface area contributed by atoms with Gasteiger partial charge in [-0.2, -0.15) is 0 Å². The molecule has 0 saturated heterocycles. The molecule has 1 aromatic rings. The smallest absolute Gasteiger partial charge is 0.355 e. The average molecular weight is 282 g/mol. The van der Waals surface area contributed by atoms with E-state index < -0.39 is 18.0 Å². The summed E-state index contributed by atoms with van der Waals surface area (Å²) in [5, 5.41) is 2.56. The lowest BCUT2D eigenvalue weighted by Gasteiger charge is -2.12. The molecule has 110 valence electrons. The highest BCUT2D eigenvalue weighted by atomic mass is 16.5. The number of ether oxygens (including phenoxy) is 2. The number of esters is 1. The van der Waals surface area contributed by atoms with Gasteiger partial charge in [-0.1, -0.05) is 0 Å². The first-order valence-corrected chi connectivity index (χ1v) is 6.12. The van der Waals surface area contributed by atoms with Crippen molar-refractivity contribution < 1.29 is 23.9 Å². The van der Waals surface area contributed by atoms with Crippen LogP contribution in [0, 0.1) is 0 Å². The highest BCUT2D eigenvalue weighted by Gasteiger charge is 2.20. The number of carbonyl (C=O) groups is 3. The number of methoxy groups -OCH3 is 1. The Balaban J connectivity index is 2.51. The number of hydrogen-bond acceptors (Lipinski definition) is 5. The number of Topliss-reactive ketones (excluding diaryl/α,β-unsaturated/α-hetero) is 1. The van der Waals surface area contributed by atoms with E-state index in [1.54, 1.807) is 0 Å². The van der Waals surface area contributed by atoms with Crippen molar-refractivity contribution in [1.29, 1.82) is 0 Å². The topological polar surface area (TPSA) is 97.5 Å². The summed E-state index contributed by atoms with van der Waals surface area (Å²) in [6.45, 7) is 3.58.